The number of carbonyl (C=O) groups excluding carboxylic acids is 2. The number of hydrogen-bond donors (Lipinski definition) is 3. The summed E-state index contributed by atoms with van der Waals surface area (Å²) in [6.07, 6.45) is 5.40. The highest BCUT2D eigenvalue weighted by Crippen LogP contribution is 2.42. The monoisotopic (exact) mass is 487 g/mol. The van der Waals surface area contributed by atoms with E-state index in [4.69, 9.17) is 0 Å². The number of benzene rings is 2. The zero-order valence-corrected chi connectivity index (χ0v) is 20.6. The Kier molecular flexibility index (Phi) is 6.24. The number of H-pyrrole nitrogens is 1. The Hall–Kier alpha value is -3.74. The van der Waals surface area contributed by atoms with Crippen LogP contribution >= 0.6 is 0 Å². The topological polar surface area (TPSA) is 91.1 Å². The van der Waals surface area contributed by atoms with E-state index >= 15 is 0 Å². The van der Waals surface area contributed by atoms with Crippen LogP contribution < -0.4 is 16.2 Å². The first-order valence-corrected chi connectivity index (χ1v) is 12.5. The van der Waals surface area contributed by atoms with Crippen molar-refractivity contribution in [3.05, 3.63) is 92.1 Å². The maximum atomic E-state index is 14.9. The Morgan fingerprint density at radius 3 is 2.56 bits per heavy atom. The predicted octanol–water partition coefficient (Wildman–Crippen LogP) is 4.56. The average Bonchev–Trinajstić information content (AvgIpc) is 2.83. The molecule has 0 atom stereocenters. The molecule has 3 aromatic rings. The van der Waals surface area contributed by atoms with Gasteiger partial charge >= 0.3 is 0 Å². The number of aromatic nitrogens is 1. The molecule has 2 aliphatic rings. The highest BCUT2D eigenvalue weighted by atomic mass is 19.1. The van der Waals surface area contributed by atoms with Crippen molar-refractivity contribution in [3.63, 3.8) is 0 Å². The molecule has 0 saturated heterocycles. The van der Waals surface area contributed by atoms with Crippen molar-refractivity contribution in [2.45, 2.75) is 64.5 Å². The molecule has 1 aromatic heterocycles. The van der Waals surface area contributed by atoms with Crippen LogP contribution in [0.2, 0.25) is 0 Å². The van der Waals surface area contributed by atoms with Crippen molar-refractivity contribution < 1.29 is 14.0 Å². The minimum absolute atomic E-state index is 0.00321. The van der Waals surface area contributed by atoms with Crippen molar-refractivity contribution in [3.8, 4) is 11.1 Å². The Bertz CT molecular complexity index is 1420. The fourth-order valence-corrected chi connectivity index (χ4v) is 5.74. The Balaban J connectivity index is 1.42. The SMILES string of the molecule is Cc1cc(C)c(CNC(=O)c2ccc(F)c(-c3ccc4c(c3)CC(=O)NC43CCCCC3)c2)c(=O)[nH]1. The summed E-state index contributed by atoms with van der Waals surface area (Å²) in [7, 11) is 0. The van der Waals surface area contributed by atoms with Gasteiger partial charge in [-0.3, -0.25) is 14.4 Å². The van der Waals surface area contributed by atoms with Crippen LogP contribution in [0.3, 0.4) is 0 Å². The van der Waals surface area contributed by atoms with Gasteiger partial charge in [0.1, 0.15) is 5.82 Å². The molecular weight excluding hydrogens is 457 g/mol. The van der Waals surface area contributed by atoms with E-state index in [1.165, 1.54) is 24.6 Å². The van der Waals surface area contributed by atoms with Gasteiger partial charge in [0.15, 0.2) is 0 Å². The first-order valence-electron chi connectivity index (χ1n) is 12.5. The van der Waals surface area contributed by atoms with E-state index in [1.54, 1.807) is 6.92 Å². The van der Waals surface area contributed by atoms with Crippen molar-refractivity contribution >= 4 is 11.8 Å². The van der Waals surface area contributed by atoms with Gasteiger partial charge in [-0.25, -0.2) is 4.39 Å². The highest BCUT2D eigenvalue weighted by Gasteiger charge is 2.40. The largest absolute Gasteiger partial charge is 0.348 e. The number of pyridine rings is 1. The van der Waals surface area contributed by atoms with E-state index in [2.05, 4.69) is 15.6 Å². The molecule has 3 N–H and O–H groups in total. The maximum absolute atomic E-state index is 14.9. The molecule has 186 valence electrons. The average molecular weight is 488 g/mol. The lowest BCUT2D eigenvalue weighted by Crippen LogP contribution is -2.51. The van der Waals surface area contributed by atoms with Gasteiger partial charge in [0.25, 0.3) is 11.5 Å². The predicted molar refractivity (Wildman–Crippen MR) is 136 cm³/mol. The van der Waals surface area contributed by atoms with E-state index < -0.39 is 11.7 Å². The van der Waals surface area contributed by atoms with Crippen LogP contribution in [0.1, 0.15) is 70.4 Å². The molecule has 36 heavy (non-hydrogen) atoms. The van der Waals surface area contributed by atoms with Gasteiger partial charge in [-0.1, -0.05) is 37.5 Å². The normalized spacial score (nSPS) is 16.4. The molecule has 1 spiro atoms. The molecular formula is C29H30FN3O3. The molecule has 0 bridgehead atoms. The number of hydrogen-bond acceptors (Lipinski definition) is 3. The number of aryl methyl sites for hydroxylation is 2. The van der Waals surface area contributed by atoms with E-state index in [0.29, 0.717) is 22.3 Å². The minimum Gasteiger partial charge on any atom is -0.348 e. The Morgan fingerprint density at radius 2 is 1.81 bits per heavy atom. The summed E-state index contributed by atoms with van der Waals surface area (Å²) in [5.41, 5.74) is 4.76. The zero-order valence-electron chi connectivity index (χ0n) is 20.6. The lowest BCUT2D eigenvalue weighted by atomic mass is 9.72. The van der Waals surface area contributed by atoms with Crippen LogP contribution in [0.25, 0.3) is 11.1 Å². The van der Waals surface area contributed by atoms with Gasteiger partial charge in [0, 0.05) is 28.9 Å². The van der Waals surface area contributed by atoms with Gasteiger partial charge < -0.3 is 15.6 Å². The molecule has 2 heterocycles. The first kappa shape index (κ1) is 24.0. The molecule has 1 fully saturated rings. The molecule has 2 aromatic carbocycles. The molecule has 7 heteroatoms. The summed E-state index contributed by atoms with van der Waals surface area (Å²) in [5, 5.41) is 6.01. The van der Waals surface area contributed by atoms with Crippen LogP contribution in [-0.2, 0) is 23.3 Å². The molecule has 1 saturated carbocycles. The zero-order chi connectivity index (χ0) is 25.4. The van der Waals surface area contributed by atoms with Crippen LogP contribution in [0.5, 0.6) is 0 Å². The van der Waals surface area contributed by atoms with Crippen LogP contribution in [0.4, 0.5) is 4.39 Å². The third-order valence-electron chi connectivity index (χ3n) is 7.52. The number of rotatable bonds is 4. The van der Waals surface area contributed by atoms with E-state index in [9.17, 15) is 18.8 Å². The van der Waals surface area contributed by atoms with Gasteiger partial charge in [-0.15, -0.1) is 0 Å². The maximum Gasteiger partial charge on any atom is 0.253 e. The lowest BCUT2D eigenvalue weighted by Gasteiger charge is -2.42. The second-order valence-corrected chi connectivity index (χ2v) is 10.1. The molecule has 1 aliphatic carbocycles. The van der Waals surface area contributed by atoms with Gasteiger partial charge in [0.2, 0.25) is 5.91 Å². The summed E-state index contributed by atoms with van der Waals surface area (Å²) in [6.45, 7) is 3.70. The Morgan fingerprint density at radius 1 is 1.03 bits per heavy atom. The van der Waals surface area contributed by atoms with Crippen molar-refractivity contribution in [1.29, 1.82) is 0 Å². The molecule has 5 rings (SSSR count). The van der Waals surface area contributed by atoms with Crippen LogP contribution in [-0.4, -0.2) is 16.8 Å². The van der Waals surface area contributed by atoms with Crippen molar-refractivity contribution in [2.24, 2.45) is 0 Å². The number of halogens is 1. The summed E-state index contributed by atoms with van der Waals surface area (Å²) >= 11 is 0. The molecule has 0 radical (unpaired) electrons. The van der Waals surface area contributed by atoms with Crippen LogP contribution in [0, 0.1) is 19.7 Å². The fourth-order valence-electron chi connectivity index (χ4n) is 5.74. The van der Waals surface area contributed by atoms with Crippen LogP contribution in [0.15, 0.2) is 47.3 Å². The number of aromatic amines is 1. The smallest absolute Gasteiger partial charge is 0.253 e. The van der Waals surface area contributed by atoms with Gasteiger partial charge in [-0.05, 0) is 73.2 Å². The molecule has 1 aliphatic heterocycles. The summed E-state index contributed by atoms with van der Waals surface area (Å²) in [4.78, 5) is 40.4. The Labute approximate surface area is 209 Å². The summed E-state index contributed by atoms with van der Waals surface area (Å²) < 4.78 is 14.9. The van der Waals surface area contributed by atoms with E-state index in [1.807, 2.05) is 31.2 Å². The molecule has 6 nitrogen and oxygen atoms in total. The fraction of sp³-hybridized carbons (Fsp3) is 0.345. The second-order valence-electron chi connectivity index (χ2n) is 10.1. The van der Waals surface area contributed by atoms with Gasteiger partial charge in [0.05, 0.1) is 12.0 Å². The van der Waals surface area contributed by atoms with Gasteiger partial charge in [-0.2, -0.15) is 0 Å². The number of amides is 2. The summed E-state index contributed by atoms with van der Waals surface area (Å²) in [5.74, 6) is -0.837. The molecule has 0 unspecified atom stereocenters. The summed E-state index contributed by atoms with van der Waals surface area (Å²) in [6, 6.07) is 11.9. The third kappa shape index (κ3) is 4.45. The highest BCUT2D eigenvalue weighted by molar-refractivity contribution is 5.95. The number of fused-ring (bicyclic) bond motifs is 2. The first-order chi connectivity index (χ1) is 17.3. The number of nitrogens with one attached hydrogen (secondary N) is 3. The van der Waals surface area contributed by atoms with Crippen molar-refractivity contribution in [2.75, 3.05) is 0 Å². The second kappa shape index (κ2) is 9.37. The number of carbonyl (C=O) groups is 2. The standard InChI is InChI=1S/C29H30FN3O3/c1-17-12-18(2)32-28(36)23(17)16-31-27(35)20-7-9-25(30)22(14-20)19-6-8-24-21(13-19)15-26(34)33-29(24)10-4-3-5-11-29/h6-9,12-14H,3-5,10-11,15-16H2,1-2H3,(H,31,35)(H,32,36)(H,33,34). The third-order valence-corrected chi connectivity index (χ3v) is 7.52. The lowest BCUT2D eigenvalue weighted by molar-refractivity contribution is -0.123. The minimum atomic E-state index is -0.440. The molecule has 2 amide bonds. The van der Waals surface area contributed by atoms with E-state index in [0.717, 1.165) is 48.1 Å². The van der Waals surface area contributed by atoms with Crippen molar-refractivity contribution in [1.82, 2.24) is 15.6 Å². The van der Waals surface area contributed by atoms with E-state index in [-0.39, 0.29) is 30.0 Å². The quantitative estimate of drug-likeness (QED) is 0.504.